The summed E-state index contributed by atoms with van der Waals surface area (Å²) in [4.78, 5) is 41.4. The van der Waals surface area contributed by atoms with Gasteiger partial charge in [-0.3, -0.25) is 14.4 Å². The van der Waals surface area contributed by atoms with Crippen LogP contribution in [0.2, 0.25) is 0 Å². The van der Waals surface area contributed by atoms with Crippen molar-refractivity contribution in [2.45, 2.75) is 39.2 Å². The second-order valence-electron chi connectivity index (χ2n) is 8.49. The second kappa shape index (κ2) is 11.3. The van der Waals surface area contributed by atoms with Gasteiger partial charge in [-0.1, -0.05) is 25.5 Å². The van der Waals surface area contributed by atoms with Crippen molar-refractivity contribution >= 4 is 23.5 Å². The first-order valence-electron chi connectivity index (χ1n) is 11.7. The van der Waals surface area contributed by atoms with Crippen LogP contribution in [0.5, 0.6) is 5.75 Å². The third kappa shape index (κ3) is 5.21. The molecule has 2 N–H and O–H groups in total. The van der Waals surface area contributed by atoms with E-state index in [1.54, 1.807) is 38.3 Å². The molecule has 8 heteroatoms. The first kappa shape index (κ1) is 24.8. The fourth-order valence-electron chi connectivity index (χ4n) is 5.04. The first-order valence-corrected chi connectivity index (χ1v) is 11.7. The number of hydrogen-bond donors (Lipinski definition) is 2. The lowest BCUT2D eigenvalue weighted by Gasteiger charge is -2.33. The molecule has 0 aromatic heterocycles. The largest absolute Gasteiger partial charge is 0.497 e. The maximum atomic E-state index is 13.6. The highest BCUT2D eigenvalue weighted by atomic mass is 16.5. The van der Waals surface area contributed by atoms with Crippen molar-refractivity contribution in [3.8, 4) is 5.75 Å². The predicted molar refractivity (Wildman–Crippen MR) is 123 cm³/mol. The molecule has 2 amide bonds. The molecule has 0 bridgehead atoms. The smallest absolute Gasteiger partial charge is 0.310 e. The molecule has 2 aliphatic rings. The molecular formula is C25H34N2O6. The van der Waals surface area contributed by atoms with Crippen LogP contribution in [-0.4, -0.2) is 60.7 Å². The summed E-state index contributed by atoms with van der Waals surface area (Å²) in [5.74, 6) is -2.10. The third-order valence-corrected chi connectivity index (χ3v) is 6.48. The monoisotopic (exact) mass is 458 g/mol. The lowest BCUT2D eigenvalue weighted by Crippen LogP contribution is -2.44. The quantitative estimate of drug-likeness (QED) is 0.413. The van der Waals surface area contributed by atoms with Crippen LogP contribution in [0.3, 0.4) is 0 Å². The van der Waals surface area contributed by atoms with Gasteiger partial charge in [0.15, 0.2) is 0 Å². The summed E-state index contributed by atoms with van der Waals surface area (Å²) in [6, 6.07) is 6.19. The number of hydrogen-bond acceptors (Lipinski definition) is 6. The third-order valence-electron chi connectivity index (χ3n) is 6.48. The second-order valence-corrected chi connectivity index (χ2v) is 8.49. The zero-order valence-corrected chi connectivity index (χ0v) is 19.5. The van der Waals surface area contributed by atoms with Crippen LogP contribution < -0.4 is 10.1 Å². The number of fused-ring (bicyclic) bond motifs is 1. The maximum absolute atomic E-state index is 13.6. The number of aliphatic hydroxyl groups excluding tert-OH is 1. The molecule has 1 aliphatic heterocycles. The molecule has 1 aromatic rings. The van der Waals surface area contributed by atoms with Gasteiger partial charge in [0, 0.05) is 24.8 Å². The molecular weight excluding hydrogens is 424 g/mol. The minimum atomic E-state index is -0.771. The normalized spacial score (nSPS) is 26.1. The van der Waals surface area contributed by atoms with Crippen molar-refractivity contribution in [3.05, 3.63) is 36.4 Å². The Morgan fingerprint density at radius 1 is 1.15 bits per heavy atom. The number of nitrogens with one attached hydrogen (secondary N) is 1. The SMILES string of the molecule is CCC[C@@H]1C=C[C@H]2[C@@H](C(=O)N(CCCO)[C@@H]2C(=O)Nc2ccc(OC)cc2)[C@@H]1C(=O)OCC. The van der Waals surface area contributed by atoms with Crippen molar-refractivity contribution in [1.29, 1.82) is 0 Å². The van der Waals surface area contributed by atoms with Gasteiger partial charge in [0.05, 0.1) is 25.6 Å². The molecule has 5 atom stereocenters. The van der Waals surface area contributed by atoms with E-state index >= 15 is 0 Å². The highest BCUT2D eigenvalue weighted by molar-refractivity contribution is 6.01. The molecule has 180 valence electrons. The molecule has 33 heavy (non-hydrogen) atoms. The number of carbonyl (C=O) groups is 3. The van der Waals surface area contributed by atoms with Crippen molar-refractivity contribution in [2.24, 2.45) is 23.7 Å². The van der Waals surface area contributed by atoms with Crippen molar-refractivity contribution in [3.63, 3.8) is 0 Å². The number of ether oxygens (including phenoxy) is 2. The van der Waals surface area contributed by atoms with Gasteiger partial charge < -0.3 is 24.8 Å². The van der Waals surface area contributed by atoms with E-state index in [9.17, 15) is 19.5 Å². The number of likely N-dealkylation sites (tertiary alicyclic amines) is 1. The van der Waals surface area contributed by atoms with Crippen LogP contribution in [0, 0.1) is 23.7 Å². The molecule has 0 radical (unpaired) electrons. The fraction of sp³-hybridized carbons (Fsp3) is 0.560. The molecule has 0 saturated carbocycles. The molecule has 1 heterocycles. The number of methoxy groups -OCH3 is 1. The topological polar surface area (TPSA) is 105 Å². The van der Waals surface area contributed by atoms with Crippen molar-refractivity contribution in [2.75, 3.05) is 32.2 Å². The number of amides is 2. The summed E-state index contributed by atoms with van der Waals surface area (Å²) < 4.78 is 10.5. The Bertz CT molecular complexity index is 868. The molecule has 1 saturated heterocycles. The Balaban J connectivity index is 1.93. The molecule has 0 unspecified atom stereocenters. The Labute approximate surface area is 194 Å². The summed E-state index contributed by atoms with van der Waals surface area (Å²) in [5.41, 5.74) is 0.587. The summed E-state index contributed by atoms with van der Waals surface area (Å²) >= 11 is 0. The minimum absolute atomic E-state index is 0.0957. The number of anilines is 1. The van der Waals surface area contributed by atoms with E-state index in [1.807, 2.05) is 19.1 Å². The average Bonchev–Trinajstić information content (AvgIpc) is 3.10. The van der Waals surface area contributed by atoms with Gasteiger partial charge in [-0.15, -0.1) is 0 Å². The lowest BCUT2D eigenvalue weighted by atomic mass is 9.69. The molecule has 1 aromatic carbocycles. The van der Waals surface area contributed by atoms with Crippen LogP contribution in [0.4, 0.5) is 5.69 Å². The van der Waals surface area contributed by atoms with E-state index in [0.717, 1.165) is 12.8 Å². The van der Waals surface area contributed by atoms with Crippen molar-refractivity contribution < 1.29 is 29.0 Å². The zero-order valence-electron chi connectivity index (χ0n) is 19.5. The standard InChI is InChI=1S/C25H34N2O6/c1-4-7-16-8-13-19-21(20(16)25(31)33-5-2)24(30)27(14-6-15-28)22(19)23(29)26-17-9-11-18(32-3)12-10-17/h8-13,16,19-22,28H,4-7,14-15H2,1-3H3,(H,26,29)/t16-,19+,20-,21-,22+/m1/s1. The maximum Gasteiger partial charge on any atom is 0.310 e. The summed E-state index contributed by atoms with van der Waals surface area (Å²) in [5, 5.41) is 12.3. The average molecular weight is 459 g/mol. The van der Waals surface area contributed by atoms with Gasteiger partial charge >= 0.3 is 5.97 Å². The summed E-state index contributed by atoms with van der Waals surface area (Å²) in [6.07, 6.45) is 5.88. The first-order chi connectivity index (χ1) is 16.0. The Kier molecular flexibility index (Phi) is 8.49. The highest BCUT2D eigenvalue weighted by Gasteiger charge is 2.57. The summed E-state index contributed by atoms with van der Waals surface area (Å²) in [6.45, 7) is 4.17. The number of aliphatic hydroxyl groups is 1. The van der Waals surface area contributed by atoms with E-state index < -0.39 is 23.8 Å². The Morgan fingerprint density at radius 2 is 1.88 bits per heavy atom. The summed E-state index contributed by atoms with van der Waals surface area (Å²) in [7, 11) is 1.57. The van der Waals surface area contributed by atoms with Gasteiger partial charge in [0.1, 0.15) is 11.8 Å². The Morgan fingerprint density at radius 3 is 2.48 bits per heavy atom. The van der Waals surface area contributed by atoms with Crippen LogP contribution in [0.25, 0.3) is 0 Å². The minimum Gasteiger partial charge on any atom is -0.497 e. The van der Waals surface area contributed by atoms with Gasteiger partial charge in [-0.2, -0.15) is 0 Å². The highest BCUT2D eigenvalue weighted by Crippen LogP contribution is 2.45. The van der Waals surface area contributed by atoms with Crippen LogP contribution in [0.15, 0.2) is 36.4 Å². The fourth-order valence-corrected chi connectivity index (χ4v) is 5.04. The molecule has 1 fully saturated rings. The number of carbonyl (C=O) groups excluding carboxylic acids is 3. The predicted octanol–water partition coefficient (Wildman–Crippen LogP) is 2.62. The zero-order chi connectivity index (χ0) is 24.0. The van der Waals surface area contributed by atoms with E-state index in [4.69, 9.17) is 9.47 Å². The Hall–Kier alpha value is -2.87. The molecule has 3 rings (SSSR count). The number of allylic oxidation sites excluding steroid dienone is 1. The van der Waals surface area contributed by atoms with Gasteiger partial charge in [0.25, 0.3) is 0 Å². The van der Waals surface area contributed by atoms with E-state index in [2.05, 4.69) is 5.32 Å². The molecule has 8 nitrogen and oxygen atoms in total. The van der Waals surface area contributed by atoms with Crippen molar-refractivity contribution in [1.82, 2.24) is 4.90 Å². The number of esters is 1. The van der Waals surface area contributed by atoms with Crippen LogP contribution in [0.1, 0.15) is 33.1 Å². The van der Waals surface area contributed by atoms with Gasteiger partial charge in [-0.25, -0.2) is 0 Å². The van der Waals surface area contributed by atoms with Gasteiger partial charge in [0.2, 0.25) is 11.8 Å². The van der Waals surface area contributed by atoms with E-state index in [-0.39, 0.29) is 43.5 Å². The van der Waals surface area contributed by atoms with Gasteiger partial charge in [-0.05, 0) is 49.9 Å². The lowest BCUT2D eigenvalue weighted by molar-refractivity contribution is -0.155. The number of rotatable bonds is 10. The number of benzene rings is 1. The van der Waals surface area contributed by atoms with Crippen LogP contribution in [-0.2, 0) is 19.1 Å². The molecule has 1 aliphatic carbocycles. The molecule has 0 spiro atoms. The number of nitrogens with zero attached hydrogens (tertiary/aromatic N) is 1. The van der Waals surface area contributed by atoms with Crippen LogP contribution >= 0.6 is 0 Å². The van der Waals surface area contributed by atoms with E-state index in [0.29, 0.717) is 17.9 Å². The van der Waals surface area contributed by atoms with E-state index in [1.165, 1.54) is 4.90 Å².